The molecule has 0 heterocycles. The van der Waals surface area contributed by atoms with Crippen LogP contribution in [0.5, 0.6) is 0 Å². The first-order valence-electron chi connectivity index (χ1n) is 5.90. The maximum Gasteiger partial charge on any atom is 0.242 e. The zero-order chi connectivity index (χ0) is 14.3. The summed E-state index contributed by atoms with van der Waals surface area (Å²) in [5.74, 6) is 0.330. The van der Waals surface area contributed by atoms with Gasteiger partial charge in [-0.3, -0.25) is 0 Å². The number of primary sulfonamides is 1. The molecule has 19 heavy (non-hydrogen) atoms. The molecule has 0 aromatic heterocycles. The zero-order valence-corrected chi connectivity index (χ0v) is 12.0. The van der Waals surface area contributed by atoms with E-state index in [1.807, 2.05) is 6.92 Å². The summed E-state index contributed by atoms with van der Waals surface area (Å²) in [6, 6.07) is 5.22. The lowest BCUT2D eigenvalue weighted by atomic mass is 10.3. The minimum atomic E-state index is -4.07. The molecule has 8 heteroatoms. The van der Waals surface area contributed by atoms with Crippen LogP contribution in [0, 0.1) is 5.92 Å². The summed E-state index contributed by atoms with van der Waals surface area (Å²) in [5, 5.41) is 5.03. The predicted molar refractivity (Wildman–Crippen MR) is 70.3 cm³/mol. The van der Waals surface area contributed by atoms with Crippen molar-refractivity contribution in [2.45, 2.75) is 35.6 Å². The molecule has 0 radical (unpaired) electrons. The normalized spacial score (nSPS) is 23.3. The van der Waals surface area contributed by atoms with Gasteiger partial charge in [0.15, 0.2) is 0 Å². The average molecular weight is 304 g/mol. The Morgan fingerprint density at radius 3 is 2.26 bits per heavy atom. The van der Waals surface area contributed by atoms with Crippen molar-refractivity contribution >= 4 is 20.0 Å². The number of nitrogens with one attached hydrogen (secondary N) is 1. The highest BCUT2D eigenvalue weighted by Gasteiger charge is 2.39. The van der Waals surface area contributed by atoms with Crippen molar-refractivity contribution in [3.05, 3.63) is 24.3 Å². The summed E-state index contributed by atoms with van der Waals surface area (Å²) < 4.78 is 49.7. The van der Waals surface area contributed by atoms with E-state index in [1.165, 1.54) is 24.3 Å². The number of hydrogen-bond donors (Lipinski definition) is 2. The van der Waals surface area contributed by atoms with E-state index in [4.69, 9.17) is 5.14 Å². The Bertz CT molecular complexity index is 682. The summed E-state index contributed by atoms with van der Waals surface area (Å²) in [6.45, 7) is 1.98. The van der Waals surface area contributed by atoms with Crippen molar-refractivity contribution in [3.63, 3.8) is 0 Å². The number of sulfonamides is 2. The van der Waals surface area contributed by atoms with E-state index in [0.717, 1.165) is 12.8 Å². The molecule has 0 amide bonds. The molecule has 1 aromatic rings. The van der Waals surface area contributed by atoms with Crippen LogP contribution in [-0.2, 0) is 20.0 Å². The van der Waals surface area contributed by atoms with Gasteiger partial charge >= 0.3 is 0 Å². The van der Waals surface area contributed by atoms with Gasteiger partial charge < -0.3 is 0 Å². The Morgan fingerprint density at radius 1 is 1.21 bits per heavy atom. The lowest BCUT2D eigenvalue weighted by Gasteiger charge is -2.09. The maximum atomic E-state index is 12.2. The predicted octanol–water partition coefficient (Wildman–Crippen LogP) is 0.411. The fraction of sp³-hybridized carbons (Fsp3) is 0.455. The van der Waals surface area contributed by atoms with Crippen LogP contribution in [0.2, 0.25) is 0 Å². The summed E-state index contributed by atoms with van der Waals surface area (Å²) in [4.78, 5) is -0.671. The first-order valence-corrected chi connectivity index (χ1v) is 8.93. The van der Waals surface area contributed by atoms with Crippen LogP contribution in [0.3, 0.4) is 0 Å². The number of benzene rings is 1. The van der Waals surface area contributed by atoms with E-state index in [9.17, 15) is 16.8 Å². The smallest absolute Gasteiger partial charge is 0.225 e. The van der Waals surface area contributed by atoms with Crippen molar-refractivity contribution in [1.29, 1.82) is 0 Å². The SMILES string of the molecule is CCC1CC1NS(=O)(=O)c1ccccc1S(N)(=O)=O. The van der Waals surface area contributed by atoms with Crippen LogP contribution in [-0.4, -0.2) is 22.9 Å². The Kier molecular flexibility index (Phi) is 3.69. The standard InChI is InChI=1S/C11H16N2O4S2/c1-2-8-7-9(8)13-19(16,17)11-6-4-3-5-10(11)18(12,14)15/h3-6,8-9,13H,2,7H2,1H3,(H2,12,14,15). The van der Waals surface area contributed by atoms with Crippen LogP contribution >= 0.6 is 0 Å². The first kappa shape index (κ1) is 14.4. The Morgan fingerprint density at radius 2 is 1.79 bits per heavy atom. The topological polar surface area (TPSA) is 106 Å². The molecular formula is C11H16N2O4S2. The summed E-state index contributed by atoms with van der Waals surface area (Å²) in [5.41, 5.74) is 0. The number of rotatable bonds is 5. The van der Waals surface area contributed by atoms with Crippen molar-refractivity contribution in [1.82, 2.24) is 4.72 Å². The van der Waals surface area contributed by atoms with E-state index in [-0.39, 0.29) is 15.8 Å². The lowest BCUT2D eigenvalue weighted by molar-refractivity contribution is 0.569. The van der Waals surface area contributed by atoms with E-state index in [0.29, 0.717) is 5.92 Å². The van der Waals surface area contributed by atoms with Crippen molar-refractivity contribution in [2.75, 3.05) is 0 Å². The van der Waals surface area contributed by atoms with Gasteiger partial charge in [0, 0.05) is 6.04 Å². The molecule has 2 unspecified atom stereocenters. The second-order valence-corrected chi connectivity index (χ2v) is 7.84. The summed E-state index contributed by atoms with van der Waals surface area (Å²) in [6.07, 6.45) is 1.68. The molecule has 106 valence electrons. The molecule has 0 aliphatic heterocycles. The molecule has 0 saturated heterocycles. The molecule has 6 nitrogen and oxygen atoms in total. The van der Waals surface area contributed by atoms with Crippen LogP contribution in [0.4, 0.5) is 0 Å². The van der Waals surface area contributed by atoms with Crippen molar-refractivity contribution in [2.24, 2.45) is 11.1 Å². The van der Waals surface area contributed by atoms with Gasteiger partial charge in [0.1, 0.15) is 9.79 Å². The minimum absolute atomic E-state index is 0.108. The van der Waals surface area contributed by atoms with Gasteiger partial charge in [0.25, 0.3) is 0 Å². The molecule has 1 aliphatic rings. The lowest BCUT2D eigenvalue weighted by Crippen LogP contribution is -2.29. The molecular weight excluding hydrogens is 288 g/mol. The fourth-order valence-electron chi connectivity index (χ4n) is 2.01. The van der Waals surface area contributed by atoms with Gasteiger partial charge in [-0.2, -0.15) is 0 Å². The average Bonchev–Trinajstić information content (AvgIpc) is 3.05. The molecule has 2 rings (SSSR count). The Balaban J connectivity index is 2.36. The molecule has 1 saturated carbocycles. The van der Waals surface area contributed by atoms with E-state index in [1.54, 1.807) is 0 Å². The fourth-order valence-corrected chi connectivity index (χ4v) is 4.71. The molecule has 2 atom stereocenters. The highest BCUT2D eigenvalue weighted by Crippen LogP contribution is 2.34. The second kappa shape index (κ2) is 4.86. The zero-order valence-electron chi connectivity index (χ0n) is 10.4. The van der Waals surface area contributed by atoms with Crippen LogP contribution < -0.4 is 9.86 Å². The van der Waals surface area contributed by atoms with Crippen LogP contribution in [0.1, 0.15) is 19.8 Å². The molecule has 1 aliphatic carbocycles. The van der Waals surface area contributed by atoms with Gasteiger partial charge in [-0.05, 0) is 24.5 Å². The monoisotopic (exact) mass is 304 g/mol. The summed E-state index contributed by atoms with van der Waals surface area (Å²) >= 11 is 0. The van der Waals surface area contributed by atoms with E-state index in [2.05, 4.69) is 4.72 Å². The Labute approximate surface area is 113 Å². The van der Waals surface area contributed by atoms with Crippen molar-refractivity contribution < 1.29 is 16.8 Å². The molecule has 0 spiro atoms. The maximum absolute atomic E-state index is 12.2. The quantitative estimate of drug-likeness (QED) is 0.821. The largest absolute Gasteiger partial charge is 0.242 e. The molecule has 3 N–H and O–H groups in total. The van der Waals surface area contributed by atoms with Gasteiger partial charge in [-0.15, -0.1) is 0 Å². The highest BCUT2D eigenvalue weighted by molar-refractivity contribution is 7.92. The number of nitrogens with two attached hydrogens (primary N) is 1. The highest BCUT2D eigenvalue weighted by atomic mass is 32.2. The molecule has 1 aromatic carbocycles. The van der Waals surface area contributed by atoms with E-state index >= 15 is 0 Å². The second-order valence-electron chi connectivity index (χ2n) is 4.62. The van der Waals surface area contributed by atoms with Gasteiger partial charge in [0.2, 0.25) is 20.0 Å². The molecule has 0 bridgehead atoms. The van der Waals surface area contributed by atoms with Gasteiger partial charge in [0.05, 0.1) is 0 Å². The third kappa shape index (κ3) is 3.14. The Hall–Kier alpha value is -0.960. The molecule has 1 fully saturated rings. The van der Waals surface area contributed by atoms with Gasteiger partial charge in [-0.25, -0.2) is 26.7 Å². The van der Waals surface area contributed by atoms with Gasteiger partial charge in [-0.1, -0.05) is 25.5 Å². The van der Waals surface area contributed by atoms with Crippen molar-refractivity contribution in [3.8, 4) is 0 Å². The minimum Gasteiger partial charge on any atom is -0.225 e. The third-order valence-corrected chi connectivity index (χ3v) is 5.85. The number of hydrogen-bond acceptors (Lipinski definition) is 4. The third-order valence-electron chi connectivity index (χ3n) is 3.20. The first-order chi connectivity index (χ1) is 8.75. The summed E-state index contributed by atoms with van der Waals surface area (Å²) in [7, 11) is -7.93. The van der Waals surface area contributed by atoms with E-state index < -0.39 is 20.0 Å². The van der Waals surface area contributed by atoms with Crippen LogP contribution in [0.15, 0.2) is 34.1 Å². The van der Waals surface area contributed by atoms with Crippen LogP contribution in [0.25, 0.3) is 0 Å².